The summed E-state index contributed by atoms with van der Waals surface area (Å²) in [6.07, 6.45) is 3.60. The SMILES string of the molecule is CSCCC[SiH3]. The molecule has 0 aliphatic heterocycles. The van der Waals surface area contributed by atoms with Crippen LogP contribution in [-0.4, -0.2) is 22.3 Å². The van der Waals surface area contributed by atoms with E-state index in [1.165, 1.54) is 28.5 Å². The van der Waals surface area contributed by atoms with Gasteiger partial charge in [-0.05, 0) is 18.4 Å². The third kappa shape index (κ3) is 4.57. The highest BCUT2D eigenvalue weighted by atomic mass is 32.2. The van der Waals surface area contributed by atoms with Crippen LogP contribution in [0, 0.1) is 0 Å². The smallest absolute Gasteiger partial charge is 0.00283 e. The predicted octanol–water partition coefficient (Wildman–Crippen LogP) is 0.523. The fourth-order valence-corrected chi connectivity index (χ4v) is 1.73. The van der Waals surface area contributed by atoms with E-state index in [1.54, 1.807) is 0 Å². The van der Waals surface area contributed by atoms with Crippen molar-refractivity contribution < 1.29 is 0 Å². The molecule has 0 spiro atoms. The van der Waals surface area contributed by atoms with E-state index in [2.05, 4.69) is 6.26 Å². The van der Waals surface area contributed by atoms with E-state index in [1.807, 2.05) is 11.8 Å². The van der Waals surface area contributed by atoms with Gasteiger partial charge in [0.25, 0.3) is 0 Å². The van der Waals surface area contributed by atoms with Crippen molar-refractivity contribution in [2.24, 2.45) is 0 Å². The van der Waals surface area contributed by atoms with Gasteiger partial charge >= 0.3 is 0 Å². The molecule has 0 fully saturated rings. The van der Waals surface area contributed by atoms with Crippen molar-refractivity contribution in [3.05, 3.63) is 0 Å². The first-order valence-electron chi connectivity index (χ1n) is 2.40. The zero-order valence-corrected chi connectivity index (χ0v) is 7.35. The van der Waals surface area contributed by atoms with Crippen LogP contribution in [0.1, 0.15) is 6.42 Å². The molecule has 0 heterocycles. The first kappa shape index (κ1) is 6.57. The van der Waals surface area contributed by atoms with Crippen molar-refractivity contribution in [1.29, 1.82) is 0 Å². The summed E-state index contributed by atoms with van der Waals surface area (Å²) in [5.41, 5.74) is 0. The molecule has 0 nitrogen and oxygen atoms in total. The van der Waals surface area contributed by atoms with E-state index in [4.69, 9.17) is 0 Å². The summed E-state index contributed by atoms with van der Waals surface area (Å²) in [6, 6.07) is 1.47. The average Bonchev–Trinajstić information content (AvgIpc) is 1.61. The topological polar surface area (TPSA) is 0 Å². The van der Waals surface area contributed by atoms with Crippen molar-refractivity contribution in [2.45, 2.75) is 12.5 Å². The summed E-state index contributed by atoms with van der Waals surface area (Å²) in [6.45, 7) is 0. The maximum atomic E-state index is 2.16. The molecule has 0 atom stereocenters. The van der Waals surface area contributed by atoms with Crippen LogP contribution < -0.4 is 0 Å². The van der Waals surface area contributed by atoms with E-state index >= 15 is 0 Å². The fourth-order valence-electron chi connectivity index (χ4n) is 0.289. The highest BCUT2D eigenvalue weighted by Crippen LogP contribution is 1.95. The molecule has 0 amide bonds. The number of hydrogen-bond acceptors (Lipinski definition) is 1. The molecule has 6 heavy (non-hydrogen) atoms. The van der Waals surface area contributed by atoms with Gasteiger partial charge in [-0.3, -0.25) is 0 Å². The van der Waals surface area contributed by atoms with E-state index in [0.717, 1.165) is 0 Å². The first-order chi connectivity index (χ1) is 2.91. The normalized spacial score (nSPS) is 9.50. The minimum Gasteiger partial charge on any atom is -0.165 e. The lowest BCUT2D eigenvalue weighted by Gasteiger charge is -1.86. The lowest BCUT2D eigenvalue weighted by molar-refractivity contribution is 1.10. The molecule has 0 saturated heterocycles. The fraction of sp³-hybridized carbons (Fsp3) is 1.00. The highest BCUT2D eigenvalue weighted by molar-refractivity contribution is 7.98. The van der Waals surface area contributed by atoms with Crippen LogP contribution in [0.5, 0.6) is 0 Å². The zero-order valence-electron chi connectivity index (χ0n) is 4.53. The summed E-state index contributed by atoms with van der Waals surface area (Å²) < 4.78 is 0. The van der Waals surface area contributed by atoms with Crippen LogP contribution in [0.15, 0.2) is 0 Å². The standard InChI is InChI=1S/C4H12SSi/c1-5-3-2-4-6/h2-4H2,1,6H3. The molecule has 0 aliphatic carbocycles. The molecule has 0 N–H and O–H groups in total. The zero-order chi connectivity index (χ0) is 4.83. The molecule has 0 unspecified atom stereocenters. The second kappa shape index (κ2) is 5.57. The molecular formula is C4H12SSi. The molecule has 0 saturated carbocycles. The van der Waals surface area contributed by atoms with Crippen LogP contribution in [0.25, 0.3) is 0 Å². The Morgan fingerprint density at radius 1 is 1.67 bits per heavy atom. The van der Waals surface area contributed by atoms with Crippen LogP contribution in [0.3, 0.4) is 0 Å². The molecule has 2 heteroatoms. The third-order valence-electron chi connectivity index (χ3n) is 0.702. The van der Waals surface area contributed by atoms with Crippen molar-refractivity contribution in [3.63, 3.8) is 0 Å². The molecular weight excluding hydrogens is 108 g/mol. The second-order valence-corrected chi connectivity index (χ2v) is 3.33. The van der Waals surface area contributed by atoms with Gasteiger partial charge in [-0.2, -0.15) is 11.8 Å². The summed E-state index contributed by atoms with van der Waals surface area (Å²) in [5.74, 6) is 1.36. The van der Waals surface area contributed by atoms with Gasteiger partial charge in [0.2, 0.25) is 0 Å². The van der Waals surface area contributed by atoms with Crippen LogP contribution in [0.2, 0.25) is 6.04 Å². The molecule has 0 aromatic rings. The Kier molecular flexibility index (Phi) is 6.09. The van der Waals surface area contributed by atoms with Crippen molar-refractivity contribution in [1.82, 2.24) is 0 Å². The molecule has 0 aromatic carbocycles. The Balaban J connectivity index is 2.34. The highest BCUT2D eigenvalue weighted by Gasteiger charge is 1.75. The minimum atomic E-state index is 1.36. The molecule has 0 bridgehead atoms. The predicted molar refractivity (Wildman–Crippen MR) is 37.7 cm³/mol. The minimum absolute atomic E-state index is 1.36. The Hall–Kier alpha value is 0.567. The average molecular weight is 120 g/mol. The Labute approximate surface area is 47.1 Å². The van der Waals surface area contributed by atoms with Gasteiger partial charge in [0.1, 0.15) is 0 Å². The van der Waals surface area contributed by atoms with Gasteiger partial charge < -0.3 is 0 Å². The van der Waals surface area contributed by atoms with E-state index in [-0.39, 0.29) is 0 Å². The van der Waals surface area contributed by atoms with Crippen LogP contribution in [0.4, 0.5) is 0 Å². The van der Waals surface area contributed by atoms with Crippen LogP contribution in [-0.2, 0) is 0 Å². The Morgan fingerprint density at radius 3 is 2.50 bits per heavy atom. The molecule has 38 valence electrons. The van der Waals surface area contributed by atoms with Crippen LogP contribution >= 0.6 is 11.8 Å². The monoisotopic (exact) mass is 120 g/mol. The van der Waals surface area contributed by atoms with Gasteiger partial charge in [-0.25, -0.2) is 0 Å². The van der Waals surface area contributed by atoms with Crippen molar-refractivity contribution >= 4 is 22.0 Å². The molecule has 0 radical (unpaired) electrons. The quantitative estimate of drug-likeness (QED) is 0.386. The Bertz CT molecular complexity index is 19.5. The number of hydrogen-bond donors (Lipinski definition) is 0. The number of rotatable bonds is 3. The third-order valence-corrected chi connectivity index (χ3v) is 2.11. The van der Waals surface area contributed by atoms with Gasteiger partial charge in [0, 0.05) is 10.2 Å². The van der Waals surface area contributed by atoms with Crippen molar-refractivity contribution in [3.8, 4) is 0 Å². The summed E-state index contributed by atoms with van der Waals surface area (Å²) in [7, 11) is 1.39. The van der Waals surface area contributed by atoms with E-state index < -0.39 is 0 Å². The maximum Gasteiger partial charge on any atom is 0.00283 e. The molecule has 0 rings (SSSR count). The number of thioether (sulfide) groups is 1. The Morgan fingerprint density at radius 2 is 2.33 bits per heavy atom. The van der Waals surface area contributed by atoms with Gasteiger partial charge in [-0.1, -0.05) is 6.04 Å². The maximum absolute atomic E-state index is 2.16. The molecule has 0 aliphatic rings. The van der Waals surface area contributed by atoms with Crippen molar-refractivity contribution in [2.75, 3.05) is 12.0 Å². The second-order valence-electron chi connectivity index (χ2n) is 1.35. The summed E-state index contributed by atoms with van der Waals surface area (Å²) in [5, 5.41) is 0. The van der Waals surface area contributed by atoms with E-state index in [9.17, 15) is 0 Å². The largest absolute Gasteiger partial charge is 0.165 e. The first-order valence-corrected chi connectivity index (χ1v) is 5.21. The van der Waals surface area contributed by atoms with Gasteiger partial charge in [-0.15, -0.1) is 0 Å². The summed E-state index contributed by atoms with van der Waals surface area (Å²) >= 11 is 1.95. The lowest BCUT2D eigenvalue weighted by Crippen LogP contribution is -1.73. The summed E-state index contributed by atoms with van der Waals surface area (Å²) in [4.78, 5) is 0. The van der Waals surface area contributed by atoms with Gasteiger partial charge in [0.05, 0.1) is 0 Å². The lowest BCUT2D eigenvalue weighted by atomic mass is 10.6. The van der Waals surface area contributed by atoms with E-state index in [0.29, 0.717) is 0 Å². The molecule has 0 aromatic heterocycles. The van der Waals surface area contributed by atoms with Gasteiger partial charge in [0.15, 0.2) is 0 Å².